The quantitative estimate of drug-likeness (QED) is 0.448. The van der Waals surface area contributed by atoms with Crippen molar-refractivity contribution in [2.75, 3.05) is 12.9 Å². The van der Waals surface area contributed by atoms with E-state index in [1.54, 1.807) is 13.3 Å². The fourth-order valence-electron chi connectivity index (χ4n) is 2.43. The summed E-state index contributed by atoms with van der Waals surface area (Å²) in [5.41, 5.74) is 0.107. The van der Waals surface area contributed by atoms with Gasteiger partial charge < -0.3 is 20.1 Å². The lowest BCUT2D eigenvalue weighted by Gasteiger charge is -2.35. The number of aliphatic hydroxyl groups is 3. The first-order valence-electron chi connectivity index (χ1n) is 6.59. The minimum Gasteiger partial charge on any atom is -0.388 e. The summed E-state index contributed by atoms with van der Waals surface area (Å²) in [6, 6.07) is 0. The molecule has 3 heterocycles. The molecule has 10 heteroatoms. The molecule has 0 unspecified atom stereocenters. The van der Waals surface area contributed by atoms with Crippen LogP contribution in [-0.2, 0) is 11.8 Å². The fourth-order valence-corrected chi connectivity index (χ4v) is 2.97. The van der Waals surface area contributed by atoms with E-state index in [-0.39, 0.29) is 23.3 Å². The Hall–Kier alpha value is -1.46. The molecule has 3 N–H and O–H groups in total. The Labute approximate surface area is 129 Å². The Balaban J connectivity index is 2.12. The Morgan fingerprint density at radius 3 is 2.77 bits per heavy atom. The maximum atomic E-state index is 12.2. The molecule has 0 aliphatic carbocycles. The molecule has 1 aliphatic heterocycles. The highest BCUT2D eigenvalue weighted by Crippen LogP contribution is 2.26. The first kappa shape index (κ1) is 15.4. The van der Waals surface area contributed by atoms with Gasteiger partial charge in [-0.1, -0.05) is 11.8 Å². The van der Waals surface area contributed by atoms with Crippen LogP contribution in [0.1, 0.15) is 6.23 Å². The van der Waals surface area contributed by atoms with E-state index in [2.05, 4.69) is 9.97 Å². The van der Waals surface area contributed by atoms with Gasteiger partial charge in [0.05, 0.1) is 12.9 Å². The first-order valence-corrected chi connectivity index (χ1v) is 7.81. The highest BCUT2D eigenvalue weighted by Gasteiger charge is 2.39. The van der Waals surface area contributed by atoms with Crippen molar-refractivity contribution in [2.45, 2.75) is 29.7 Å². The lowest BCUT2D eigenvalue weighted by molar-refractivity contribution is -0.210. The summed E-state index contributed by atoms with van der Waals surface area (Å²) in [5.74, 6) is 0. The molecule has 0 spiro atoms. The van der Waals surface area contributed by atoms with Gasteiger partial charge in [-0.05, 0) is 6.26 Å². The molecule has 0 bridgehead atoms. The van der Waals surface area contributed by atoms with Gasteiger partial charge >= 0.3 is 0 Å². The zero-order chi connectivity index (χ0) is 16.0. The smallest absolute Gasteiger partial charge is 0.282 e. The maximum absolute atomic E-state index is 12.2. The number of fused-ring (bicyclic) bond motifs is 1. The van der Waals surface area contributed by atoms with Crippen molar-refractivity contribution in [1.82, 2.24) is 19.1 Å². The molecule has 3 rings (SSSR count). The molecular formula is C12H16N4O5S. The number of nitrogens with zero attached hydrogens (tertiary/aromatic N) is 4. The third-order valence-corrected chi connectivity index (χ3v) is 4.42. The maximum Gasteiger partial charge on any atom is 0.282 e. The second-order valence-electron chi connectivity index (χ2n) is 5.06. The van der Waals surface area contributed by atoms with Crippen molar-refractivity contribution in [3.63, 3.8) is 0 Å². The van der Waals surface area contributed by atoms with E-state index in [4.69, 9.17) is 4.74 Å². The van der Waals surface area contributed by atoms with Crippen LogP contribution in [0.3, 0.4) is 0 Å². The summed E-state index contributed by atoms with van der Waals surface area (Å²) in [7, 11) is 1.60. The van der Waals surface area contributed by atoms with Crippen LogP contribution in [-0.4, -0.2) is 65.6 Å². The molecule has 1 fully saturated rings. The van der Waals surface area contributed by atoms with Gasteiger partial charge in [0.25, 0.3) is 5.56 Å². The zero-order valence-corrected chi connectivity index (χ0v) is 12.8. The number of imidazole rings is 1. The average Bonchev–Trinajstić information content (AvgIpc) is 2.92. The van der Waals surface area contributed by atoms with Gasteiger partial charge in [0.2, 0.25) is 0 Å². The van der Waals surface area contributed by atoms with Crippen LogP contribution < -0.4 is 5.56 Å². The van der Waals surface area contributed by atoms with Crippen molar-refractivity contribution in [3.05, 3.63) is 16.7 Å². The van der Waals surface area contributed by atoms with E-state index in [9.17, 15) is 20.1 Å². The van der Waals surface area contributed by atoms with Crippen molar-refractivity contribution in [1.29, 1.82) is 0 Å². The standard InChI is InChI=1S/C12H16N4O5S/c1-15-10(20)6-9(14-12(15)22-2)16(4-13-6)11-8(19)7(18)5(17)3-21-11/h4-5,7-8,11,17-19H,3H2,1-2H3/t5-,7+,8-,11-/m1/s1. The van der Waals surface area contributed by atoms with Gasteiger partial charge in [-0.2, -0.15) is 0 Å². The second-order valence-corrected chi connectivity index (χ2v) is 5.83. The number of rotatable bonds is 2. The van der Waals surface area contributed by atoms with Crippen molar-refractivity contribution < 1.29 is 20.1 Å². The van der Waals surface area contributed by atoms with Crippen LogP contribution in [0, 0.1) is 0 Å². The fraction of sp³-hybridized carbons (Fsp3) is 0.583. The van der Waals surface area contributed by atoms with Crippen LogP contribution in [0.15, 0.2) is 16.3 Å². The predicted octanol–water partition coefficient (Wildman–Crippen LogP) is -1.54. The molecule has 120 valence electrons. The van der Waals surface area contributed by atoms with Crippen LogP contribution in [0.25, 0.3) is 11.2 Å². The summed E-state index contributed by atoms with van der Waals surface area (Å²) >= 11 is 1.30. The summed E-state index contributed by atoms with van der Waals surface area (Å²) in [6.07, 6.45) is -1.71. The normalized spacial score (nSPS) is 29.1. The van der Waals surface area contributed by atoms with Crippen LogP contribution in [0.5, 0.6) is 0 Å². The molecule has 0 saturated carbocycles. The molecule has 9 nitrogen and oxygen atoms in total. The molecule has 2 aromatic rings. The second kappa shape index (κ2) is 5.63. The molecule has 1 aliphatic rings. The van der Waals surface area contributed by atoms with Gasteiger partial charge in [0.15, 0.2) is 22.5 Å². The summed E-state index contributed by atoms with van der Waals surface area (Å²) in [5, 5.41) is 29.9. The van der Waals surface area contributed by atoms with E-state index >= 15 is 0 Å². The number of aromatic nitrogens is 4. The van der Waals surface area contributed by atoms with E-state index in [0.717, 1.165) is 0 Å². The third kappa shape index (κ3) is 2.23. The summed E-state index contributed by atoms with van der Waals surface area (Å²) in [6.45, 7) is -0.136. The van der Waals surface area contributed by atoms with Gasteiger partial charge in [-0.25, -0.2) is 9.97 Å². The number of aliphatic hydroxyl groups excluding tert-OH is 3. The number of ether oxygens (including phenoxy) is 1. The zero-order valence-electron chi connectivity index (χ0n) is 11.9. The highest BCUT2D eigenvalue weighted by molar-refractivity contribution is 7.98. The molecular weight excluding hydrogens is 312 g/mol. The Kier molecular flexibility index (Phi) is 3.95. The lowest BCUT2D eigenvalue weighted by Crippen LogP contribution is -2.50. The summed E-state index contributed by atoms with van der Waals surface area (Å²) in [4.78, 5) is 20.6. The molecule has 4 atom stereocenters. The highest BCUT2D eigenvalue weighted by atomic mass is 32.2. The van der Waals surface area contributed by atoms with Gasteiger partial charge in [-0.3, -0.25) is 13.9 Å². The van der Waals surface area contributed by atoms with E-state index in [0.29, 0.717) is 5.16 Å². The van der Waals surface area contributed by atoms with E-state index in [1.807, 2.05) is 0 Å². The molecule has 0 amide bonds. The Morgan fingerprint density at radius 1 is 1.36 bits per heavy atom. The van der Waals surface area contributed by atoms with Crippen LogP contribution >= 0.6 is 11.8 Å². The first-order chi connectivity index (χ1) is 10.5. The van der Waals surface area contributed by atoms with Gasteiger partial charge in [-0.15, -0.1) is 0 Å². The lowest BCUT2D eigenvalue weighted by atomic mass is 10.0. The molecule has 22 heavy (non-hydrogen) atoms. The summed E-state index contributed by atoms with van der Waals surface area (Å²) < 4.78 is 8.17. The molecule has 0 radical (unpaired) electrons. The van der Waals surface area contributed by atoms with Crippen molar-refractivity contribution in [3.8, 4) is 0 Å². The topological polar surface area (TPSA) is 123 Å². The van der Waals surface area contributed by atoms with Crippen molar-refractivity contribution in [2.24, 2.45) is 7.05 Å². The SMILES string of the molecule is CSc1nc2c(ncn2[C@@H]2OC[C@@H](O)[C@H](O)[C@H]2O)c(=O)n1C. The van der Waals surface area contributed by atoms with E-state index in [1.165, 1.54) is 27.2 Å². The average molecular weight is 328 g/mol. The minimum absolute atomic E-state index is 0.136. The number of hydrogen-bond donors (Lipinski definition) is 3. The van der Waals surface area contributed by atoms with E-state index < -0.39 is 24.5 Å². The monoisotopic (exact) mass is 328 g/mol. The Morgan fingerprint density at radius 2 is 2.09 bits per heavy atom. The Bertz CT molecular complexity index is 760. The van der Waals surface area contributed by atoms with Crippen molar-refractivity contribution >= 4 is 22.9 Å². The van der Waals surface area contributed by atoms with Gasteiger partial charge in [0.1, 0.15) is 18.3 Å². The third-order valence-electron chi connectivity index (χ3n) is 3.69. The van der Waals surface area contributed by atoms with Crippen LogP contribution in [0.4, 0.5) is 0 Å². The van der Waals surface area contributed by atoms with Gasteiger partial charge in [0, 0.05) is 7.05 Å². The largest absolute Gasteiger partial charge is 0.388 e. The van der Waals surface area contributed by atoms with Crippen LogP contribution in [0.2, 0.25) is 0 Å². The number of hydrogen-bond acceptors (Lipinski definition) is 8. The molecule has 1 saturated heterocycles. The molecule has 0 aromatic carbocycles. The minimum atomic E-state index is -1.36. The number of thioether (sulfide) groups is 1. The predicted molar refractivity (Wildman–Crippen MR) is 77.6 cm³/mol. The molecule has 2 aromatic heterocycles.